The number of methoxy groups -OCH3 is 1. The number of fused-ring (bicyclic) bond motifs is 2. The van der Waals surface area contributed by atoms with Gasteiger partial charge >= 0.3 is 109 Å². The molecule has 3 nitrogen and oxygen atoms in total. The Morgan fingerprint density at radius 2 is 2.12 bits per heavy atom. The summed E-state index contributed by atoms with van der Waals surface area (Å²) >= 11 is 0.0598. The number of carbonyl (C=O) groups excluding carboxylic acids is 2. The summed E-state index contributed by atoms with van der Waals surface area (Å²) in [5, 5.41) is 0.433. The minimum absolute atomic E-state index is 0.0598. The first kappa shape index (κ1) is 13.1. The monoisotopic (exact) mass is 304 g/mol. The zero-order valence-electron chi connectivity index (χ0n) is 10.9. The summed E-state index contributed by atoms with van der Waals surface area (Å²) < 4.78 is 4.67. The molecular formula is C13H20O3Se. The van der Waals surface area contributed by atoms with Crippen LogP contribution >= 0.6 is 0 Å². The molecule has 0 amide bonds. The normalized spacial score (nSPS) is 38.5. The van der Waals surface area contributed by atoms with Gasteiger partial charge in [0.2, 0.25) is 0 Å². The second kappa shape index (κ2) is 4.10. The van der Waals surface area contributed by atoms with E-state index in [1.54, 1.807) is 0 Å². The van der Waals surface area contributed by atoms with Gasteiger partial charge in [0.15, 0.2) is 0 Å². The van der Waals surface area contributed by atoms with Crippen LogP contribution in [-0.2, 0) is 14.3 Å². The molecule has 0 aliphatic heterocycles. The zero-order valence-corrected chi connectivity index (χ0v) is 12.6. The van der Waals surface area contributed by atoms with Crippen LogP contribution in [0.2, 0.25) is 10.1 Å². The Bertz CT molecular complexity index is 364. The van der Waals surface area contributed by atoms with Crippen molar-refractivity contribution in [3.05, 3.63) is 0 Å². The van der Waals surface area contributed by atoms with Gasteiger partial charge in [-0.2, -0.15) is 0 Å². The number of ketones is 1. The molecule has 96 valence electrons. The third kappa shape index (κ3) is 1.68. The molecule has 2 fully saturated rings. The fraction of sp³-hybridized carbons (Fsp3) is 0.846. The van der Waals surface area contributed by atoms with E-state index >= 15 is 0 Å². The summed E-state index contributed by atoms with van der Waals surface area (Å²) in [5.74, 6) is 0.704. The summed E-state index contributed by atoms with van der Waals surface area (Å²) in [4.78, 5) is 23.8. The standard InChI is InChI=1S/C13H20O3Se/c1-12(2)8-5-6-13(12,3)11(15)10(8)17-7-9(14)16-4/h8,10H,5-7H2,1-4H3/t8-,10+,13+/m1/s1. The first-order chi connectivity index (χ1) is 7.84. The predicted octanol–water partition coefficient (Wildman–Crippen LogP) is 2.10. The van der Waals surface area contributed by atoms with Gasteiger partial charge in [0.05, 0.1) is 0 Å². The summed E-state index contributed by atoms with van der Waals surface area (Å²) in [6.07, 6.45) is 2.16. The van der Waals surface area contributed by atoms with Crippen LogP contribution in [0.1, 0.15) is 33.6 Å². The van der Waals surface area contributed by atoms with Gasteiger partial charge < -0.3 is 0 Å². The Morgan fingerprint density at radius 1 is 1.47 bits per heavy atom. The van der Waals surface area contributed by atoms with Gasteiger partial charge in [0.1, 0.15) is 0 Å². The van der Waals surface area contributed by atoms with Gasteiger partial charge in [-0.1, -0.05) is 0 Å². The Hall–Kier alpha value is -0.341. The van der Waals surface area contributed by atoms with Crippen molar-refractivity contribution in [1.29, 1.82) is 0 Å². The minimum atomic E-state index is -0.177. The fourth-order valence-corrected chi connectivity index (χ4v) is 6.67. The van der Waals surface area contributed by atoms with Crippen LogP contribution in [0.5, 0.6) is 0 Å². The third-order valence-corrected chi connectivity index (χ3v) is 7.82. The van der Waals surface area contributed by atoms with Gasteiger partial charge in [-0.05, 0) is 0 Å². The van der Waals surface area contributed by atoms with Crippen LogP contribution in [0.4, 0.5) is 0 Å². The van der Waals surface area contributed by atoms with E-state index in [9.17, 15) is 9.59 Å². The van der Waals surface area contributed by atoms with Crippen LogP contribution in [0.3, 0.4) is 0 Å². The van der Waals surface area contributed by atoms with Crippen molar-refractivity contribution in [2.24, 2.45) is 16.7 Å². The number of rotatable bonds is 3. The number of ether oxygens (including phenoxy) is 1. The molecule has 0 aromatic heterocycles. The van der Waals surface area contributed by atoms with Gasteiger partial charge in [-0.25, -0.2) is 0 Å². The number of carbonyl (C=O) groups is 2. The Kier molecular flexibility index (Phi) is 3.16. The van der Waals surface area contributed by atoms with E-state index in [-0.39, 0.29) is 36.6 Å². The molecular weight excluding hydrogens is 283 g/mol. The second-order valence-electron chi connectivity index (χ2n) is 5.87. The summed E-state index contributed by atoms with van der Waals surface area (Å²) in [7, 11) is 1.41. The van der Waals surface area contributed by atoms with E-state index in [1.807, 2.05) is 0 Å². The van der Waals surface area contributed by atoms with Crippen molar-refractivity contribution >= 4 is 26.7 Å². The molecule has 0 radical (unpaired) electrons. The first-order valence-electron chi connectivity index (χ1n) is 6.07. The quantitative estimate of drug-likeness (QED) is 0.592. The van der Waals surface area contributed by atoms with Crippen molar-refractivity contribution in [1.82, 2.24) is 0 Å². The molecule has 2 saturated carbocycles. The SMILES string of the molecule is COC(=O)C[Se][C@@H]1C(=O)[C@]2(C)CC[C@H]1C2(C)C. The fourth-order valence-electron chi connectivity index (χ4n) is 3.41. The molecule has 2 bridgehead atoms. The first-order valence-corrected chi connectivity index (χ1v) is 8.27. The molecule has 0 heterocycles. The Labute approximate surface area is 109 Å². The van der Waals surface area contributed by atoms with Crippen molar-refractivity contribution in [3.63, 3.8) is 0 Å². The van der Waals surface area contributed by atoms with Gasteiger partial charge in [0.25, 0.3) is 0 Å². The Morgan fingerprint density at radius 3 is 2.59 bits per heavy atom. The molecule has 0 unspecified atom stereocenters. The second-order valence-corrected chi connectivity index (χ2v) is 8.24. The van der Waals surface area contributed by atoms with Gasteiger partial charge in [0, 0.05) is 0 Å². The van der Waals surface area contributed by atoms with Crippen LogP contribution in [0.15, 0.2) is 0 Å². The van der Waals surface area contributed by atoms with Crippen molar-refractivity contribution < 1.29 is 14.3 Å². The zero-order chi connectivity index (χ0) is 12.8. The van der Waals surface area contributed by atoms with Gasteiger partial charge in [-0.3, -0.25) is 0 Å². The van der Waals surface area contributed by atoms with Crippen LogP contribution in [0, 0.1) is 16.7 Å². The predicted molar refractivity (Wildman–Crippen MR) is 65.9 cm³/mol. The molecule has 2 rings (SSSR count). The summed E-state index contributed by atoms with van der Waals surface area (Å²) in [6, 6.07) is 0. The van der Waals surface area contributed by atoms with E-state index in [4.69, 9.17) is 0 Å². The van der Waals surface area contributed by atoms with Crippen LogP contribution in [-0.4, -0.2) is 33.8 Å². The van der Waals surface area contributed by atoms with Crippen LogP contribution in [0.25, 0.3) is 0 Å². The number of Topliss-reactive ketones (excluding diaryl/α,β-unsaturated/α-hetero) is 1. The topological polar surface area (TPSA) is 43.4 Å². The molecule has 3 atom stereocenters. The van der Waals surface area contributed by atoms with E-state index in [0.717, 1.165) is 12.8 Å². The molecule has 0 N–H and O–H groups in total. The maximum atomic E-state index is 12.5. The molecule has 0 saturated heterocycles. The van der Waals surface area contributed by atoms with Crippen LogP contribution < -0.4 is 0 Å². The van der Waals surface area contributed by atoms with Crippen molar-refractivity contribution in [3.8, 4) is 0 Å². The van der Waals surface area contributed by atoms with E-state index in [1.165, 1.54) is 7.11 Å². The van der Waals surface area contributed by atoms with E-state index in [0.29, 0.717) is 17.0 Å². The van der Waals surface area contributed by atoms with E-state index in [2.05, 4.69) is 25.5 Å². The number of esters is 1. The molecule has 0 aromatic rings. The summed E-state index contributed by atoms with van der Waals surface area (Å²) in [5.41, 5.74) is -0.0488. The average Bonchev–Trinajstić information content (AvgIpc) is 2.59. The van der Waals surface area contributed by atoms with Crippen molar-refractivity contribution in [2.45, 2.75) is 43.7 Å². The molecule has 2 aliphatic carbocycles. The molecule has 0 aromatic carbocycles. The molecule has 17 heavy (non-hydrogen) atoms. The van der Waals surface area contributed by atoms with Crippen molar-refractivity contribution in [2.75, 3.05) is 7.11 Å². The molecule has 4 heteroatoms. The third-order valence-electron chi connectivity index (χ3n) is 5.08. The number of hydrogen-bond donors (Lipinski definition) is 0. The number of hydrogen-bond acceptors (Lipinski definition) is 3. The maximum absolute atomic E-state index is 12.5. The Balaban J connectivity index is 2.12. The summed E-state index contributed by atoms with van der Waals surface area (Å²) in [6.45, 7) is 6.55. The molecule has 2 aliphatic rings. The van der Waals surface area contributed by atoms with E-state index < -0.39 is 0 Å². The average molecular weight is 303 g/mol. The molecule has 0 spiro atoms. The van der Waals surface area contributed by atoms with Gasteiger partial charge in [-0.15, -0.1) is 0 Å².